The molecule has 0 saturated carbocycles. The van der Waals surface area contributed by atoms with Crippen molar-refractivity contribution in [2.75, 3.05) is 28.6 Å². The maximum absolute atomic E-state index is 13.0. The van der Waals surface area contributed by atoms with Gasteiger partial charge in [0, 0.05) is 23.7 Å². The molecule has 11 heteroatoms. The van der Waals surface area contributed by atoms with Crippen molar-refractivity contribution in [1.82, 2.24) is 0 Å². The number of benzene rings is 2. The third-order valence-corrected chi connectivity index (χ3v) is 7.43. The van der Waals surface area contributed by atoms with Gasteiger partial charge in [-0.15, -0.1) is 4.40 Å². The number of thioether (sulfide) groups is 1. The summed E-state index contributed by atoms with van der Waals surface area (Å²) in [6.07, 6.45) is -0.933. The van der Waals surface area contributed by atoms with Crippen LogP contribution in [-0.4, -0.2) is 50.4 Å². The molecule has 0 radical (unpaired) electrons. The lowest BCUT2D eigenvalue weighted by atomic mass is 10.2. The van der Waals surface area contributed by atoms with Crippen LogP contribution < -0.4 is 9.80 Å². The van der Waals surface area contributed by atoms with E-state index in [4.69, 9.17) is 10.00 Å². The molecule has 2 aliphatic rings. The van der Waals surface area contributed by atoms with Crippen LogP contribution in [0.2, 0.25) is 0 Å². The van der Waals surface area contributed by atoms with Crippen molar-refractivity contribution in [2.45, 2.75) is 24.3 Å². The van der Waals surface area contributed by atoms with Gasteiger partial charge in [0.15, 0.2) is 11.3 Å². The number of ether oxygens (including phenoxy) is 1. The van der Waals surface area contributed by atoms with Gasteiger partial charge in [0.1, 0.15) is 0 Å². The number of hydrogen-bond acceptors (Lipinski definition) is 8. The van der Waals surface area contributed by atoms with E-state index >= 15 is 0 Å². The monoisotopic (exact) mass is 484 g/mol. The van der Waals surface area contributed by atoms with Gasteiger partial charge < -0.3 is 14.5 Å². The molecule has 0 bridgehead atoms. The first kappa shape index (κ1) is 22.8. The molecule has 33 heavy (non-hydrogen) atoms. The number of sulfonamides is 1. The van der Waals surface area contributed by atoms with Gasteiger partial charge in [0.25, 0.3) is 15.9 Å². The molecule has 1 atom stereocenters. The van der Waals surface area contributed by atoms with Gasteiger partial charge in [-0.1, -0.05) is 18.2 Å². The van der Waals surface area contributed by atoms with Crippen LogP contribution in [-0.2, 0) is 19.6 Å². The number of nitriles is 1. The standard InChI is InChI=1S/C22H20N4O5S2/c1-15(20(27)25(11-5-10-23)17-6-3-2-4-7-17)31-21(28)16-8-9-18-19(14-16)32-22-24-33(29,30)13-12-26(18)22/h2-4,6-9,14-15H,5,11-13H2,1H3. The van der Waals surface area contributed by atoms with E-state index < -0.39 is 28.0 Å². The van der Waals surface area contributed by atoms with Crippen molar-refractivity contribution >= 4 is 50.2 Å². The molecule has 0 saturated heterocycles. The van der Waals surface area contributed by atoms with E-state index in [1.807, 2.05) is 12.1 Å². The molecule has 4 rings (SSSR count). The molecule has 170 valence electrons. The van der Waals surface area contributed by atoms with Crippen LogP contribution in [0.5, 0.6) is 0 Å². The molecule has 2 heterocycles. The molecule has 1 amide bonds. The Morgan fingerprint density at radius 1 is 1.27 bits per heavy atom. The molecule has 0 spiro atoms. The number of anilines is 2. The van der Waals surface area contributed by atoms with Crippen LogP contribution in [0.15, 0.2) is 57.8 Å². The van der Waals surface area contributed by atoms with E-state index in [9.17, 15) is 18.0 Å². The van der Waals surface area contributed by atoms with Crippen molar-refractivity contribution in [3.05, 3.63) is 54.1 Å². The highest BCUT2D eigenvalue weighted by atomic mass is 32.2. The maximum Gasteiger partial charge on any atom is 0.338 e. The van der Waals surface area contributed by atoms with Crippen LogP contribution in [0.3, 0.4) is 0 Å². The number of carbonyl (C=O) groups is 2. The predicted octanol–water partition coefficient (Wildman–Crippen LogP) is 2.79. The summed E-state index contributed by atoms with van der Waals surface area (Å²) < 4.78 is 32.8. The smallest absolute Gasteiger partial charge is 0.338 e. The SMILES string of the molecule is CC(OC(=O)c1ccc2c(c1)SC1=NS(=O)(=O)CCN12)C(=O)N(CCC#N)c1ccccc1. The highest BCUT2D eigenvalue weighted by molar-refractivity contribution is 8.15. The average Bonchev–Trinajstić information content (AvgIpc) is 3.15. The van der Waals surface area contributed by atoms with E-state index in [0.717, 1.165) is 5.69 Å². The Morgan fingerprint density at radius 2 is 2.03 bits per heavy atom. The molecule has 2 aromatic rings. The van der Waals surface area contributed by atoms with Crippen molar-refractivity contribution < 1.29 is 22.7 Å². The van der Waals surface area contributed by atoms with E-state index in [-0.39, 0.29) is 24.3 Å². The molecule has 0 aliphatic carbocycles. The summed E-state index contributed by atoms with van der Waals surface area (Å²) in [5.41, 5.74) is 1.63. The Balaban J connectivity index is 1.49. The highest BCUT2D eigenvalue weighted by Gasteiger charge is 2.34. The predicted molar refractivity (Wildman–Crippen MR) is 125 cm³/mol. The van der Waals surface area contributed by atoms with Crippen molar-refractivity contribution in [1.29, 1.82) is 5.26 Å². The number of carbonyl (C=O) groups excluding carboxylic acids is 2. The minimum absolute atomic E-state index is 0.0658. The summed E-state index contributed by atoms with van der Waals surface area (Å²) >= 11 is 1.17. The zero-order valence-corrected chi connectivity index (χ0v) is 19.3. The lowest BCUT2D eigenvalue weighted by Crippen LogP contribution is -2.40. The first-order valence-corrected chi connectivity index (χ1v) is 12.6. The van der Waals surface area contributed by atoms with Gasteiger partial charge in [-0.25, -0.2) is 13.2 Å². The van der Waals surface area contributed by atoms with Crippen molar-refractivity contribution in [3.8, 4) is 6.07 Å². The largest absolute Gasteiger partial charge is 0.449 e. The molecule has 0 fully saturated rings. The lowest BCUT2D eigenvalue weighted by molar-refractivity contribution is -0.126. The topological polar surface area (TPSA) is 120 Å². The zero-order chi connectivity index (χ0) is 23.6. The van der Waals surface area contributed by atoms with Crippen molar-refractivity contribution in [2.24, 2.45) is 4.40 Å². The molecule has 0 N–H and O–H groups in total. The number of amides is 1. The van der Waals surface area contributed by atoms with Crippen LogP contribution >= 0.6 is 11.8 Å². The van der Waals surface area contributed by atoms with E-state index in [2.05, 4.69) is 4.40 Å². The number of hydrogen-bond donors (Lipinski definition) is 0. The second-order valence-electron chi connectivity index (χ2n) is 7.38. The normalized spacial score (nSPS) is 16.6. The summed E-state index contributed by atoms with van der Waals surface area (Å²) in [6.45, 7) is 1.97. The molecule has 2 aromatic carbocycles. The summed E-state index contributed by atoms with van der Waals surface area (Å²) in [5.74, 6) is -1.17. The summed E-state index contributed by atoms with van der Waals surface area (Å²) in [4.78, 5) is 29.7. The molecular formula is C22H20N4O5S2. The van der Waals surface area contributed by atoms with E-state index in [0.29, 0.717) is 22.3 Å². The van der Waals surface area contributed by atoms with Gasteiger partial charge >= 0.3 is 5.97 Å². The Labute approximate surface area is 195 Å². The Kier molecular flexibility index (Phi) is 6.40. The molecule has 2 aliphatic heterocycles. The third kappa shape index (κ3) is 4.86. The molecule has 1 unspecified atom stereocenters. The second-order valence-corrected chi connectivity index (χ2v) is 10.1. The fourth-order valence-electron chi connectivity index (χ4n) is 3.49. The summed E-state index contributed by atoms with van der Waals surface area (Å²) in [6, 6.07) is 15.8. The Bertz CT molecular complexity index is 1270. The second kappa shape index (κ2) is 9.25. The molecular weight excluding hydrogens is 464 g/mol. The first-order valence-electron chi connectivity index (χ1n) is 10.2. The average molecular weight is 485 g/mol. The Morgan fingerprint density at radius 3 is 2.76 bits per heavy atom. The van der Waals surface area contributed by atoms with E-state index in [1.54, 1.807) is 47.4 Å². The molecule has 0 aromatic heterocycles. The summed E-state index contributed by atoms with van der Waals surface area (Å²) in [5, 5.41) is 9.30. The maximum atomic E-state index is 13.0. The highest BCUT2D eigenvalue weighted by Crippen LogP contribution is 2.42. The van der Waals surface area contributed by atoms with Gasteiger partial charge in [-0.05, 0) is 49.0 Å². The number of rotatable bonds is 6. The van der Waals surface area contributed by atoms with Gasteiger partial charge in [-0.2, -0.15) is 5.26 Å². The van der Waals surface area contributed by atoms with Crippen LogP contribution in [0, 0.1) is 11.3 Å². The van der Waals surface area contributed by atoms with Gasteiger partial charge in [0.05, 0.1) is 29.5 Å². The Hall–Kier alpha value is -3.36. The first-order chi connectivity index (χ1) is 15.8. The van der Waals surface area contributed by atoms with Crippen LogP contribution in [0.1, 0.15) is 23.7 Å². The fourth-order valence-corrected chi connectivity index (χ4v) is 5.79. The number of esters is 1. The fraction of sp³-hybridized carbons (Fsp3) is 0.273. The number of fused-ring (bicyclic) bond motifs is 3. The quantitative estimate of drug-likeness (QED) is 0.574. The summed E-state index contributed by atoms with van der Waals surface area (Å²) in [7, 11) is -3.47. The van der Waals surface area contributed by atoms with Gasteiger partial charge in [0.2, 0.25) is 0 Å². The minimum Gasteiger partial charge on any atom is -0.449 e. The van der Waals surface area contributed by atoms with Crippen LogP contribution in [0.25, 0.3) is 0 Å². The number of amidine groups is 1. The molecule has 9 nitrogen and oxygen atoms in total. The minimum atomic E-state index is -3.47. The van der Waals surface area contributed by atoms with Crippen LogP contribution in [0.4, 0.5) is 11.4 Å². The number of para-hydroxylation sites is 1. The third-order valence-electron chi connectivity index (χ3n) is 5.12. The van der Waals surface area contributed by atoms with Crippen molar-refractivity contribution in [3.63, 3.8) is 0 Å². The zero-order valence-electron chi connectivity index (χ0n) is 17.7. The lowest BCUT2D eigenvalue weighted by Gasteiger charge is -2.25. The van der Waals surface area contributed by atoms with E-state index in [1.165, 1.54) is 23.6 Å². The van der Waals surface area contributed by atoms with Gasteiger partial charge in [-0.3, -0.25) is 4.79 Å². The number of nitrogens with zero attached hydrogens (tertiary/aromatic N) is 4.